The normalized spacial score (nSPS) is 17.9. The Hall–Kier alpha value is -3.00. The van der Waals surface area contributed by atoms with Crippen molar-refractivity contribution in [2.75, 3.05) is 18.8 Å². The molecule has 0 aliphatic carbocycles. The van der Waals surface area contributed by atoms with Gasteiger partial charge in [0.15, 0.2) is 0 Å². The minimum Gasteiger partial charge on any atom is -0.368 e. The van der Waals surface area contributed by atoms with Gasteiger partial charge < -0.3 is 5.73 Å². The zero-order valence-electron chi connectivity index (χ0n) is 15.3. The number of hydrogen-bond acceptors (Lipinski definition) is 6. The summed E-state index contributed by atoms with van der Waals surface area (Å²) in [4.78, 5) is 23.2. The van der Waals surface area contributed by atoms with E-state index in [4.69, 9.17) is 5.73 Å². The molecule has 1 aliphatic heterocycles. The van der Waals surface area contributed by atoms with Crippen molar-refractivity contribution in [3.63, 3.8) is 0 Å². The fourth-order valence-electron chi connectivity index (χ4n) is 3.68. The van der Waals surface area contributed by atoms with E-state index >= 15 is 0 Å². The number of nitrogen functional groups attached to an aromatic ring is 1. The topological polar surface area (TPSA) is 94.9 Å². The first-order valence-electron chi connectivity index (χ1n) is 9.12. The quantitative estimate of drug-likeness (QED) is 0.749. The zero-order chi connectivity index (χ0) is 18.8. The van der Waals surface area contributed by atoms with Crippen LogP contribution in [0.5, 0.6) is 0 Å². The highest BCUT2D eigenvalue weighted by atomic mass is 16.2. The first-order valence-corrected chi connectivity index (χ1v) is 9.12. The van der Waals surface area contributed by atoms with Crippen molar-refractivity contribution >= 4 is 5.95 Å². The molecule has 3 heterocycles. The molecule has 2 aromatic heterocycles. The van der Waals surface area contributed by atoms with Crippen LogP contribution >= 0.6 is 0 Å². The standard InChI is InChI=1S/C19H23N7O/c1-24-19(27)26(16-7-3-2-4-8-16)17(23-24)15-6-5-9-25(13-15)12-14-10-21-18(20)22-11-14/h2-4,7-8,10-11,15H,5-6,9,12-13H2,1H3,(H2,20,21,22)/t15-/m1/s1. The van der Waals surface area contributed by atoms with Crippen LogP contribution in [-0.2, 0) is 13.6 Å². The Morgan fingerprint density at radius 1 is 1.19 bits per heavy atom. The summed E-state index contributed by atoms with van der Waals surface area (Å²) < 4.78 is 3.16. The van der Waals surface area contributed by atoms with E-state index in [1.54, 1.807) is 24.0 Å². The maximum atomic E-state index is 12.7. The molecule has 3 aromatic rings. The number of piperidine rings is 1. The lowest BCUT2D eigenvalue weighted by Gasteiger charge is -2.32. The number of aryl methyl sites for hydroxylation is 1. The summed E-state index contributed by atoms with van der Waals surface area (Å²) in [6, 6.07) is 9.71. The summed E-state index contributed by atoms with van der Waals surface area (Å²) in [7, 11) is 1.71. The van der Waals surface area contributed by atoms with Crippen LogP contribution in [0.25, 0.3) is 5.69 Å². The molecule has 140 valence electrons. The predicted octanol–water partition coefficient (Wildman–Crippen LogP) is 1.32. The van der Waals surface area contributed by atoms with Crippen LogP contribution in [0.15, 0.2) is 47.5 Å². The third kappa shape index (κ3) is 3.61. The Bertz CT molecular complexity index is 962. The van der Waals surface area contributed by atoms with Crippen LogP contribution in [0.3, 0.4) is 0 Å². The van der Waals surface area contributed by atoms with Gasteiger partial charge in [-0.25, -0.2) is 24.0 Å². The minimum absolute atomic E-state index is 0.111. The molecule has 1 saturated heterocycles. The van der Waals surface area contributed by atoms with Crippen LogP contribution in [0.4, 0.5) is 5.95 Å². The van der Waals surface area contributed by atoms with Gasteiger partial charge in [0.25, 0.3) is 0 Å². The van der Waals surface area contributed by atoms with E-state index in [-0.39, 0.29) is 17.6 Å². The summed E-state index contributed by atoms with van der Waals surface area (Å²) in [5.41, 5.74) is 7.35. The molecule has 1 aliphatic rings. The van der Waals surface area contributed by atoms with Crippen molar-refractivity contribution in [1.82, 2.24) is 29.2 Å². The van der Waals surface area contributed by atoms with Crippen LogP contribution in [-0.4, -0.2) is 42.3 Å². The van der Waals surface area contributed by atoms with Gasteiger partial charge >= 0.3 is 5.69 Å². The number of nitrogens with zero attached hydrogens (tertiary/aromatic N) is 6. The van der Waals surface area contributed by atoms with Crippen LogP contribution in [0.2, 0.25) is 0 Å². The van der Waals surface area contributed by atoms with E-state index in [9.17, 15) is 4.79 Å². The molecule has 8 nitrogen and oxygen atoms in total. The molecule has 1 aromatic carbocycles. The van der Waals surface area contributed by atoms with Crippen molar-refractivity contribution in [2.24, 2.45) is 7.05 Å². The summed E-state index contributed by atoms with van der Waals surface area (Å²) >= 11 is 0. The van der Waals surface area contributed by atoms with Crippen molar-refractivity contribution in [3.05, 3.63) is 64.6 Å². The molecule has 27 heavy (non-hydrogen) atoms. The molecular formula is C19H23N7O. The number of likely N-dealkylation sites (tertiary alicyclic amines) is 1. The van der Waals surface area contributed by atoms with E-state index in [1.165, 1.54) is 4.68 Å². The molecular weight excluding hydrogens is 342 g/mol. The second-order valence-electron chi connectivity index (χ2n) is 6.96. The van der Waals surface area contributed by atoms with Gasteiger partial charge in [-0.05, 0) is 31.5 Å². The first-order chi connectivity index (χ1) is 13.1. The molecule has 0 radical (unpaired) electrons. The Morgan fingerprint density at radius 3 is 2.67 bits per heavy atom. The van der Waals surface area contributed by atoms with Gasteiger partial charge in [0, 0.05) is 44.0 Å². The number of benzene rings is 1. The third-order valence-corrected chi connectivity index (χ3v) is 4.97. The molecule has 0 bridgehead atoms. The van der Waals surface area contributed by atoms with Crippen molar-refractivity contribution in [2.45, 2.75) is 25.3 Å². The highest BCUT2D eigenvalue weighted by Crippen LogP contribution is 2.27. The van der Waals surface area contributed by atoms with Crippen LogP contribution in [0.1, 0.15) is 30.1 Å². The molecule has 2 N–H and O–H groups in total. The summed E-state index contributed by atoms with van der Waals surface area (Å²) in [6.45, 7) is 2.61. The van der Waals surface area contributed by atoms with Crippen molar-refractivity contribution < 1.29 is 0 Å². The predicted molar refractivity (Wildman–Crippen MR) is 103 cm³/mol. The fraction of sp³-hybridized carbons (Fsp3) is 0.368. The van der Waals surface area contributed by atoms with Gasteiger partial charge in [0.2, 0.25) is 5.95 Å². The molecule has 4 rings (SSSR count). The lowest BCUT2D eigenvalue weighted by atomic mass is 9.96. The second kappa shape index (κ2) is 7.32. The zero-order valence-corrected chi connectivity index (χ0v) is 15.3. The number of nitrogens with two attached hydrogens (primary N) is 1. The molecule has 0 amide bonds. The Balaban J connectivity index is 1.59. The van der Waals surface area contributed by atoms with E-state index in [2.05, 4.69) is 20.0 Å². The number of para-hydroxylation sites is 1. The highest BCUT2D eigenvalue weighted by Gasteiger charge is 2.27. The molecule has 0 unspecified atom stereocenters. The number of aromatic nitrogens is 5. The maximum Gasteiger partial charge on any atom is 0.350 e. The van der Waals surface area contributed by atoms with Gasteiger partial charge in [-0.15, -0.1) is 0 Å². The lowest BCUT2D eigenvalue weighted by molar-refractivity contribution is 0.195. The fourth-order valence-corrected chi connectivity index (χ4v) is 3.68. The third-order valence-electron chi connectivity index (χ3n) is 4.97. The maximum absolute atomic E-state index is 12.7. The minimum atomic E-state index is -0.111. The van der Waals surface area contributed by atoms with Gasteiger partial charge in [-0.2, -0.15) is 5.10 Å². The first kappa shape index (κ1) is 17.4. The SMILES string of the molecule is Cn1nc([C@@H]2CCCN(Cc3cnc(N)nc3)C2)n(-c2ccccc2)c1=O. The second-order valence-corrected chi connectivity index (χ2v) is 6.96. The van der Waals surface area contributed by atoms with Gasteiger partial charge in [0.05, 0.1) is 5.69 Å². The van der Waals surface area contributed by atoms with Gasteiger partial charge in [-0.1, -0.05) is 18.2 Å². The Labute approximate surface area is 157 Å². The molecule has 1 fully saturated rings. The van der Waals surface area contributed by atoms with Gasteiger partial charge in [0.1, 0.15) is 5.82 Å². The largest absolute Gasteiger partial charge is 0.368 e. The summed E-state index contributed by atoms with van der Waals surface area (Å²) in [6.07, 6.45) is 5.61. The van der Waals surface area contributed by atoms with E-state index in [0.29, 0.717) is 0 Å². The lowest BCUT2D eigenvalue weighted by Crippen LogP contribution is -2.35. The van der Waals surface area contributed by atoms with E-state index in [0.717, 1.165) is 49.6 Å². The van der Waals surface area contributed by atoms with Crippen molar-refractivity contribution in [1.29, 1.82) is 0 Å². The molecule has 1 atom stereocenters. The Morgan fingerprint density at radius 2 is 1.93 bits per heavy atom. The van der Waals surface area contributed by atoms with Crippen LogP contribution in [0, 0.1) is 0 Å². The van der Waals surface area contributed by atoms with Crippen molar-refractivity contribution in [3.8, 4) is 5.69 Å². The molecule has 8 heteroatoms. The average molecular weight is 365 g/mol. The monoisotopic (exact) mass is 365 g/mol. The molecule has 0 saturated carbocycles. The highest BCUT2D eigenvalue weighted by molar-refractivity contribution is 5.33. The smallest absolute Gasteiger partial charge is 0.350 e. The van der Waals surface area contributed by atoms with Crippen LogP contribution < -0.4 is 11.4 Å². The Kier molecular flexibility index (Phi) is 4.72. The van der Waals surface area contributed by atoms with Gasteiger partial charge in [-0.3, -0.25) is 4.90 Å². The number of hydrogen-bond donors (Lipinski definition) is 1. The average Bonchev–Trinajstić information content (AvgIpc) is 2.99. The summed E-state index contributed by atoms with van der Waals surface area (Å²) in [5.74, 6) is 1.31. The number of anilines is 1. The number of rotatable bonds is 4. The van der Waals surface area contributed by atoms with E-state index < -0.39 is 0 Å². The molecule has 0 spiro atoms. The van der Waals surface area contributed by atoms with E-state index in [1.807, 2.05) is 30.3 Å². The summed E-state index contributed by atoms with van der Waals surface area (Å²) in [5, 5.41) is 4.56.